The van der Waals surface area contributed by atoms with Gasteiger partial charge in [0.15, 0.2) is 11.5 Å². The molecule has 0 aliphatic rings. The lowest BCUT2D eigenvalue weighted by Gasteiger charge is -2.13. The minimum atomic E-state index is 0.599. The lowest BCUT2D eigenvalue weighted by molar-refractivity contribution is 1.16. The number of hydrogen-bond donors (Lipinski definition) is 0. The normalized spacial score (nSPS) is 11.6. The van der Waals surface area contributed by atoms with Gasteiger partial charge in [0.2, 0.25) is 0 Å². The second-order valence-corrected chi connectivity index (χ2v) is 19.6. The van der Waals surface area contributed by atoms with E-state index in [4.69, 9.17) is 16.5 Å². The SMILES string of the molecule is [C-]#[N+]c1cc(-c2ccc(-c3cc(-c4ccccc4)nc(-c4ccccc4)n3)cc2)ccc1-c1ccc(-n2c3ccc(-n4c5ccccc5c5ccccc54)cc3c3cc(-n4c5ccccc5c5ccccc54)ccc32)cc1. The fourth-order valence-electron chi connectivity index (χ4n) is 11.7. The van der Waals surface area contributed by atoms with Crippen molar-refractivity contribution in [2.24, 2.45) is 0 Å². The van der Waals surface area contributed by atoms with Crippen LogP contribution in [0.4, 0.5) is 5.69 Å². The summed E-state index contributed by atoms with van der Waals surface area (Å²) in [6, 6.07) is 94.4. The molecule has 6 heteroatoms. The number of nitrogens with zero attached hydrogens (tertiary/aromatic N) is 6. The van der Waals surface area contributed by atoms with E-state index in [-0.39, 0.29) is 0 Å². The van der Waals surface area contributed by atoms with Gasteiger partial charge in [-0.05, 0) is 107 Å². The van der Waals surface area contributed by atoms with E-state index in [1.807, 2.05) is 54.6 Å². The molecule has 0 amide bonds. The first-order valence-corrected chi connectivity index (χ1v) is 25.9. The highest BCUT2D eigenvalue weighted by Crippen LogP contribution is 2.41. The lowest BCUT2D eigenvalue weighted by atomic mass is 9.97. The Morgan fingerprint density at radius 2 is 0.649 bits per heavy atom. The molecule has 0 bridgehead atoms. The van der Waals surface area contributed by atoms with Crippen molar-refractivity contribution < 1.29 is 0 Å². The molecule has 11 aromatic carbocycles. The summed E-state index contributed by atoms with van der Waals surface area (Å²) in [5, 5.41) is 7.27. The van der Waals surface area contributed by atoms with Crippen LogP contribution in [0.3, 0.4) is 0 Å². The van der Waals surface area contributed by atoms with Gasteiger partial charge in [-0.2, -0.15) is 0 Å². The van der Waals surface area contributed by atoms with Crippen LogP contribution < -0.4 is 0 Å². The van der Waals surface area contributed by atoms with E-state index in [1.54, 1.807) is 0 Å². The molecule has 0 spiro atoms. The van der Waals surface area contributed by atoms with Crippen LogP contribution in [-0.2, 0) is 0 Å². The van der Waals surface area contributed by atoms with Gasteiger partial charge in [-0.3, -0.25) is 0 Å². The third kappa shape index (κ3) is 7.25. The Hall–Kier alpha value is -10.6. The number of rotatable bonds is 8. The zero-order valence-electron chi connectivity index (χ0n) is 41.6. The van der Waals surface area contributed by atoms with Gasteiger partial charge in [0, 0.05) is 66.1 Å². The van der Waals surface area contributed by atoms with Crippen molar-refractivity contribution in [3.05, 3.63) is 278 Å². The molecule has 0 unspecified atom stereocenters. The molecular formula is C71H44N6. The minimum absolute atomic E-state index is 0.599. The van der Waals surface area contributed by atoms with Crippen molar-refractivity contribution in [2.45, 2.75) is 0 Å². The topological polar surface area (TPSA) is 44.9 Å². The molecule has 4 aromatic heterocycles. The Morgan fingerprint density at radius 1 is 0.273 bits per heavy atom. The fourth-order valence-corrected chi connectivity index (χ4v) is 11.7. The molecule has 0 radical (unpaired) electrons. The summed E-state index contributed by atoms with van der Waals surface area (Å²) in [6.07, 6.45) is 0. The van der Waals surface area contributed by atoms with Gasteiger partial charge >= 0.3 is 0 Å². The Morgan fingerprint density at radius 3 is 1.14 bits per heavy atom. The second kappa shape index (κ2) is 17.8. The molecule has 15 rings (SSSR count). The smallest absolute Gasteiger partial charge is 0.195 e. The average Bonchev–Trinajstić information content (AvgIpc) is 4.20. The van der Waals surface area contributed by atoms with Gasteiger partial charge in [0.25, 0.3) is 0 Å². The largest absolute Gasteiger partial charge is 0.309 e. The molecule has 0 aliphatic carbocycles. The van der Waals surface area contributed by atoms with Crippen molar-refractivity contribution in [1.29, 1.82) is 0 Å². The number of para-hydroxylation sites is 4. The molecule has 0 aliphatic heterocycles. The first-order valence-electron chi connectivity index (χ1n) is 25.9. The summed E-state index contributed by atoms with van der Waals surface area (Å²) >= 11 is 0. The maximum atomic E-state index is 8.38. The molecule has 0 atom stereocenters. The third-order valence-corrected chi connectivity index (χ3v) is 15.3. The highest BCUT2D eigenvalue weighted by Gasteiger charge is 2.20. The van der Waals surface area contributed by atoms with Crippen LogP contribution in [0.1, 0.15) is 0 Å². The Kier molecular flexibility index (Phi) is 10.2. The maximum absolute atomic E-state index is 8.38. The van der Waals surface area contributed by atoms with E-state index in [2.05, 4.69) is 231 Å². The molecule has 6 nitrogen and oxygen atoms in total. The van der Waals surface area contributed by atoms with Crippen LogP contribution in [0.25, 0.3) is 143 Å². The van der Waals surface area contributed by atoms with Crippen molar-refractivity contribution in [2.75, 3.05) is 0 Å². The van der Waals surface area contributed by atoms with Gasteiger partial charge in [0.1, 0.15) is 0 Å². The average molecular weight is 981 g/mol. The summed E-state index contributed by atoms with van der Waals surface area (Å²) in [6.45, 7) is 8.38. The van der Waals surface area contributed by atoms with Crippen molar-refractivity contribution in [3.63, 3.8) is 0 Å². The number of fused-ring (bicyclic) bond motifs is 9. The van der Waals surface area contributed by atoms with Gasteiger partial charge < -0.3 is 13.7 Å². The van der Waals surface area contributed by atoms with E-state index in [0.29, 0.717) is 11.5 Å². The second-order valence-electron chi connectivity index (χ2n) is 19.6. The zero-order valence-corrected chi connectivity index (χ0v) is 41.6. The van der Waals surface area contributed by atoms with Gasteiger partial charge in [-0.1, -0.05) is 182 Å². The number of hydrogen-bond acceptors (Lipinski definition) is 2. The highest BCUT2D eigenvalue weighted by molar-refractivity contribution is 6.14. The Bertz CT molecular complexity index is 4510. The van der Waals surface area contributed by atoms with Gasteiger partial charge in [-0.25, -0.2) is 14.8 Å². The Balaban J connectivity index is 0.809. The van der Waals surface area contributed by atoms with Crippen LogP contribution in [0.15, 0.2) is 267 Å². The highest BCUT2D eigenvalue weighted by atomic mass is 15.0. The molecule has 358 valence electrons. The fraction of sp³-hybridized carbons (Fsp3) is 0. The minimum Gasteiger partial charge on any atom is -0.309 e. The molecule has 77 heavy (non-hydrogen) atoms. The molecule has 0 N–H and O–H groups in total. The van der Waals surface area contributed by atoms with Crippen molar-refractivity contribution in [1.82, 2.24) is 23.7 Å². The quantitative estimate of drug-likeness (QED) is 0.142. The standard InChI is InChI=1S/C71H44N6/c1-72-64-42-51(46-28-30-49(31-29-46)63-45-62(48-16-4-2-5-17-48)73-71(74-63)50-18-6-3-7-19-50)34-39-55(64)47-32-35-52(36-33-47)75-69-40-37-53(76-65-24-12-8-20-56(65)57-21-9-13-25-66(57)76)43-60(69)61-44-54(38-41-70(61)75)77-67-26-14-10-22-58(67)59-23-11-15-27-68(59)77/h2-45H. The van der Waals surface area contributed by atoms with Crippen LogP contribution in [0, 0.1) is 6.57 Å². The van der Waals surface area contributed by atoms with E-state index in [9.17, 15) is 0 Å². The summed E-state index contributed by atoms with van der Waals surface area (Å²) < 4.78 is 7.18. The molecule has 0 fully saturated rings. The van der Waals surface area contributed by atoms with E-state index >= 15 is 0 Å². The number of benzene rings is 11. The van der Waals surface area contributed by atoms with Crippen LogP contribution in [-0.4, -0.2) is 23.7 Å². The summed E-state index contributed by atoms with van der Waals surface area (Å²) in [5.41, 5.74) is 19.4. The first-order chi connectivity index (χ1) is 38.1. The van der Waals surface area contributed by atoms with E-state index in [1.165, 1.54) is 43.6 Å². The van der Waals surface area contributed by atoms with Gasteiger partial charge in [0.05, 0.1) is 51.1 Å². The van der Waals surface area contributed by atoms with Crippen molar-refractivity contribution >= 4 is 71.1 Å². The maximum Gasteiger partial charge on any atom is 0.195 e. The summed E-state index contributed by atoms with van der Waals surface area (Å²) in [7, 11) is 0. The van der Waals surface area contributed by atoms with Crippen LogP contribution in [0.2, 0.25) is 0 Å². The predicted molar refractivity (Wildman–Crippen MR) is 318 cm³/mol. The van der Waals surface area contributed by atoms with Gasteiger partial charge in [-0.15, -0.1) is 0 Å². The zero-order chi connectivity index (χ0) is 51.0. The van der Waals surface area contributed by atoms with E-state index < -0.39 is 0 Å². The van der Waals surface area contributed by atoms with Crippen LogP contribution in [0.5, 0.6) is 0 Å². The molecule has 0 saturated heterocycles. The van der Waals surface area contributed by atoms with Crippen molar-refractivity contribution in [3.8, 4) is 73.2 Å². The predicted octanol–water partition coefficient (Wildman–Crippen LogP) is 18.7. The summed E-state index contributed by atoms with van der Waals surface area (Å²) in [5.74, 6) is 0.682. The Labute approximate surface area is 444 Å². The molecule has 15 aromatic rings. The first kappa shape index (κ1) is 43.9. The monoisotopic (exact) mass is 980 g/mol. The molecule has 4 heterocycles. The van der Waals surface area contributed by atoms with Crippen LogP contribution >= 0.6 is 0 Å². The number of aromatic nitrogens is 5. The molecular weight excluding hydrogens is 937 g/mol. The van der Waals surface area contributed by atoms with E-state index in [0.717, 1.165) is 89.2 Å². The summed E-state index contributed by atoms with van der Waals surface area (Å²) in [4.78, 5) is 14.1. The third-order valence-electron chi connectivity index (χ3n) is 15.3. The molecule has 0 saturated carbocycles. The lowest BCUT2D eigenvalue weighted by Crippen LogP contribution is -1.96.